The molecule has 2 aromatic rings. The zero-order chi connectivity index (χ0) is 18.2. The predicted octanol–water partition coefficient (Wildman–Crippen LogP) is 2.04. The van der Waals surface area contributed by atoms with Crippen molar-refractivity contribution in [1.29, 1.82) is 0 Å². The summed E-state index contributed by atoms with van der Waals surface area (Å²) in [5.74, 6) is 0.918. The molecule has 136 valence electrons. The smallest absolute Gasteiger partial charge is 0.239 e. The molecule has 0 saturated carbocycles. The van der Waals surface area contributed by atoms with Gasteiger partial charge in [0.25, 0.3) is 0 Å². The Morgan fingerprint density at radius 1 is 1.44 bits per heavy atom. The number of benzene rings is 1. The summed E-state index contributed by atoms with van der Waals surface area (Å²) in [6, 6.07) is 6.39. The van der Waals surface area contributed by atoms with Gasteiger partial charge in [-0.2, -0.15) is 4.31 Å². The van der Waals surface area contributed by atoms with Gasteiger partial charge in [-0.15, -0.1) is 0 Å². The van der Waals surface area contributed by atoms with Crippen LogP contribution in [0.5, 0.6) is 5.75 Å². The summed E-state index contributed by atoms with van der Waals surface area (Å²) in [6.07, 6.45) is 2.34. The standard InChI is InChI=1S/C17H22N2O5S/c1-11(15-10-12-6-4-8-14(23-2)16(12)24-15)18-17(20)13-7-5-9-19(13)25(3,21)22/h4,6,8,10-11,13H,5,7,9H2,1-3H3,(H,18,20). The topological polar surface area (TPSA) is 88.9 Å². The van der Waals surface area contributed by atoms with Crippen molar-refractivity contribution in [3.63, 3.8) is 0 Å². The maximum atomic E-state index is 12.5. The molecule has 0 radical (unpaired) electrons. The first-order valence-corrected chi connectivity index (χ1v) is 9.99. The van der Waals surface area contributed by atoms with E-state index in [0.717, 1.165) is 11.6 Å². The lowest BCUT2D eigenvalue weighted by Crippen LogP contribution is -2.46. The quantitative estimate of drug-likeness (QED) is 0.875. The number of nitrogens with zero attached hydrogens (tertiary/aromatic N) is 1. The Balaban J connectivity index is 1.78. The predicted molar refractivity (Wildman–Crippen MR) is 93.9 cm³/mol. The molecule has 1 aromatic heterocycles. The van der Waals surface area contributed by atoms with E-state index >= 15 is 0 Å². The third-order valence-corrected chi connectivity index (χ3v) is 5.75. The zero-order valence-electron chi connectivity index (χ0n) is 14.5. The zero-order valence-corrected chi connectivity index (χ0v) is 15.3. The fraction of sp³-hybridized carbons (Fsp3) is 0.471. The molecule has 2 atom stereocenters. The Labute approximate surface area is 147 Å². The van der Waals surface area contributed by atoms with Crippen LogP contribution < -0.4 is 10.1 Å². The summed E-state index contributed by atoms with van der Waals surface area (Å²) in [7, 11) is -1.82. The van der Waals surface area contributed by atoms with Gasteiger partial charge < -0.3 is 14.5 Å². The van der Waals surface area contributed by atoms with E-state index < -0.39 is 16.1 Å². The summed E-state index contributed by atoms with van der Waals surface area (Å²) < 4.78 is 36.0. The maximum absolute atomic E-state index is 12.5. The van der Waals surface area contributed by atoms with Crippen molar-refractivity contribution < 1.29 is 22.4 Å². The Kier molecular flexibility index (Phi) is 4.75. The van der Waals surface area contributed by atoms with Crippen molar-refractivity contribution in [3.8, 4) is 5.75 Å². The number of carbonyl (C=O) groups is 1. The first-order chi connectivity index (χ1) is 11.8. The monoisotopic (exact) mass is 366 g/mol. The van der Waals surface area contributed by atoms with Crippen molar-refractivity contribution in [3.05, 3.63) is 30.0 Å². The summed E-state index contributed by atoms with van der Waals surface area (Å²) in [5.41, 5.74) is 0.625. The number of para-hydroxylation sites is 1. The second-order valence-corrected chi connectivity index (χ2v) is 8.22. The minimum atomic E-state index is -3.39. The van der Waals surface area contributed by atoms with E-state index in [0.29, 0.717) is 36.5 Å². The highest BCUT2D eigenvalue weighted by atomic mass is 32.2. The van der Waals surface area contributed by atoms with E-state index in [9.17, 15) is 13.2 Å². The third kappa shape index (κ3) is 3.50. The highest BCUT2D eigenvalue weighted by molar-refractivity contribution is 7.88. The number of ether oxygens (including phenoxy) is 1. The normalized spacial score (nSPS) is 19.9. The molecule has 2 unspecified atom stereocenters. The van der Waals surface area contributed by atoms with Crippen molar-refractivity contribution in [2.75, 3.05) is 19.9 Å². The first-order valence-electron chi connectivity index (χ1n) is 8.15. The van der Waals surface area contributed by atoms with Crippen molar-refractivity contribution in [2.24, 2.45) is 0 Å². The van der Waals surface area contributed by atoms with Gasteiger partial charge in [0, 0.05) is 11.9 Å². The molecular formula is C17H22N2O5S. The Hall–Kier alpha value is -2.06. The molecule has 1 aliphatic heterocycles. The molecule has 1 aromatic carbocycles. The Morgan fingerprint density at radius 3 is 2.88 bits per heavy atom. The van der Waals surface area contributed by atoms with E-state index in [2.05, 4.69) is 5.32 Å². The Bertz CT molecular complexity index is 890. The van der Waals surface area contributed by atoms with Crippen LogP contribution in [0.3, 0.4) is 0 Å². The molecular weight excluding hydrogens is 344 g/mol. The average molecular weight is 366 g/mol. The van der Waals surface area contributed by atoms with Crippen LogP contribution in [0.2, 0.25) is 0 Å². The number of fused-ring (bicyclic) bond motifs is 1. The van der Waals surface area contributed by atoms with Crippen molar-refractivity contribution in [2.45, 2.75) is 31.8 Å². The van der Waals surface area contributed by atoms with Crippen LogP contribution in [0.15, 0.2) is 28.7 Å². The first kappa shape index (κ1) is 17.8. The van der Waals surface area contributed by atoms with Crippen molar-refractivity contribution in [1.82, 2.24) is 9.62 Å². The van der Waals surface area contributed by atoms with Crippen LogP contribution in [0.4, 0.5) is 0 Å². The molecule has 0 spiro atoms. The largest absolute Gasteiger partial charge is 0.493 e. The van der Waals surface area contributed by atoms with Crippen LogP contribution in [0.25, 0.3) is 11.0 Å². The van der Waals surface area contributed by atoms with Gasteiger partial charge in [-0.05, 0) is 31.9 Å². The molecule has 7 nitrogen and oxygen atoms in total. The fourth-order valence-corrected chi connectivity index (χ4v) is 4.33. The maximum Gasteiger partial charge on any atom is 0.239 e. The molecule has 1 saturated heterocycles. The van der Waals surface area contributed by atoms with E-state index in [1.165, 1.54) is 4.31 Å². The summed E-state index contributed by atoms with van der Waals surface area (Å²) in [5, 5.41) is 3.74. The van der Waals surface area contributed by atoms with Crippen LogP contribution in [0.1, 0.15) is 31.6 Å². The lowest BCUT2D eigenvalue weighted by Gasteiger charge is -2.22. The van der Waals surface area contributed by atoms with Gasteiger partial charge in [-0.25, -0.2) is 8.42 Å². The molecule has 1 amide bonds. The molecule has 1 N–H and O–H groups in total. The van der Waals surface area contributed by atoms with E-state index in [1.54, 1.807) is 13.2 Å². The minimum absolute atomic E-state index is 0.303. The average Bonchev–Trinajstić information content (AvgIpc) is 3.20. The number of methoxy groups -OCH3 is 1. The number of rotatable bonds is 5. The van der Waals surface area contributed by atoms with Gasteiger partial charge in [0.1, 0.15) is 11.8 Å². The summed E-state index contributed by atoms with van der Waals surface area (Å²) in [6.45, 7) is 2.19. The number of sulfonamides is 1. The summed E-state index contributed by atoms with van der Waals surface area (Å²) >= 11 is 0. The molecule has 25 heavy (non-hydrogen) atoms. The van der Waals surface area contributed by atoms with Crippen LogP contribution >= 0.6 is 0 Å². The molecule has 1 aliphatic rings. The lowest BCUT2D eigenvalue weighted by atomic mass is 10.1. The third-order valence-electron chi connectivity index (χ3n) is 4.46. The van der Waals surface area contributed by atoms with Crippen LogP contribution in [0, 0.1) is 0 Å². The van der Waals surface area contributed by atoms with Crippen molar-refractivity contribution >= 4 is 26.9 Å². The second kappa shape index (κ2) is 6.68. The SMILES string of the molecule is COc1cccc2cc(C(C)NC(=O)C3CCCN3S(C)(=O)=O)oc12. The van der Waals surface area contributed by atoms with Gasteiger partial charge in [0.2, 0.25) is 15.9 Å². The highest BCUT2D eigenvalue weighted by Gasteiger charge is 2.37. The second-order valence-electron chi connectivity index (χ2n) is 6.29. The van der Waals surface area contributed by atoms with Gasteiger partial charge in [0.05, 0.1) is 19.4 Å². The number of furan rings is 1. The molecule has 0 bridgehead atoms. The Morgan fingerprint density at radius 2 is 2.20 bits per heavy atom. The molecule has 1 fully saturated rings. The number of nitrogens with one attached hydrogen (secondary N) is 1. The molecule has 0 aliphatic carbocycles. The van der Waals surface area contributed by atoms with Gasteiger partial charge in [0.15, 0.2) is 11.3 Å². The fourth-order valence-electron chi connectivity index (χ4n) is 3.21. The van der Waals surface area contributed by atoms with Crippen LogP contribution in [-0.4, -0.2) is 44.6 Å². The molecule has 2 heterocycles. The lowest BCUT2D eigenvalue weighted by molar-refractivity contribution is -0.125. The number of hydrogen-bond acceptors (Lipinski definition) is 5. The summed E-state index contributed by atoms with van der Waals surface area (Å²) in [4.78, 5) is 12.5. The van der Waals surface area contributed by atoms with Gasteiger partial charge >= 0.3 is 0 Å². The number of hydrogen-bond donors (Lipinski definition) is 1. The number of amides is 1. The number of carbonyl (C=O) groups excluding carboxylic acids is 1. The van der Waals surface area contributed by atoms with Gasteiger partial charge in [-0.1, -0.05) is 12.1 Å². The van der Waals surface area contributed by atoms with E-state index in [-0.39, 0.29) is 11.9 Å². The molecule has 8 heteroatoms. The van der Waals surface area contributed by atoms with E-state index in [1.807, 2.05) is 25.1 Å². The minimum Gasteiger partial charge on any atom is -0.493 e. The van der Waals surface area contributed by atoms with Gasteiger partial charge in [-0.3, -0.25) is 4.79 Å². The highest BCUT2D eigenvalue weighted by Crippen LogP contribution is 2.31. The van der Waals surface area contributed by atoms with Crippen LogP contribution in [-0.2, 0) is 14.8 Å². The molecule has 3 rings (SSSR count). The van der Waals surface area contributed by atoms with E-state index in [4.69, 9.17) is 9.15 Å².